The van der Waals surface area contributed by atoms with Gasteiger partial charge < -0.3 is 15.2 Å². The third-order valence-corrected chi connectivity index (χ3v) is 3.50. The molecule has 2 heterocycles. The molecule has 1 aliphatic heterocycles. The minimum atomic E-state index is 0.209. The van der Waals surface area contributed by atoms with E-state index in [0.717, 1.165) is 44.0 Å². The number of aromatic nitrogens is 1. The molecule has 2 N–H and O–H groups in total. The van der Waals surface area contributed by atoms with Gasteiger partial charge in [-0.05, 0) is 44.2 Å². The molecule has 0 bridgehead atoms. The SMILES string of the molecule is Cc1cccc(NC(CCO)C2CCOCC2)n1. The average molecular weight is 250 g/mol. The molecule has 1 unspecified atom stereocenters. The second kappa shape index (κ2) is 6.71. The predicted octanol–water partition coefficient (Wildman–Crippen LogP) is 1.98. The van der Waals surface area contributed by atoms with Crippen LogP contribution in [0.5, 0.6) is 0 Å². The van der Waals surface area contributed by atoms with E-state index in [-0.39, 0.29) is 12.6 Å². The molecule has 0 aromatic carbocycles. The van der Waals surface area contributed by atoms with Crippen LogP contribution in [0.3, 0.4) is 0 Å². The number of pyridine rings is 1. The lowest BCUT2D eigenvalue weighted by Gasteiger charge is -2.31. The number of aliphatic hydroxyl groups is 1. The standard InChI is InChI=1S/C14H22N2O2/c1-11-3-2-4-14(15-11)16-13(5-8-17)12-6-9-18-10-7-12/h2-4,12-13,17H,5-10H2,1H3,(H,15,16). The number of aliphatic hydroxyl groups excluding tert-OH is 1. The number of hydrogen-bond donors (Lipinski definition) is 2. The van der Waals surface area contributed by atoms with E-state index in [4.69, 9.17) is 4.74 Å². The molecule has 4 nitrogen and oxygen atoms in total. The van der Waals surface area contributed by atoms with E-state index in [1.54, 1.807) is 0 Å². The van der Waals surface area contributed by atoms with Gasteiger partial charge >= 0.3 is 0 Å². The molecule has 0 radical (unpaired) electrons. The number of rotatable bonds is 5. The first-order chi connectivity index (χ1) is 8.79. The zero-order valence-electron chi connectivity index (χ0n) is 10.9. The minimum Gasteiger partial charge on any atom is -0.396 e. The average Bonchev–Trinajstić information content (AvgIpc) is 2.39. The Labute approximate surface area is 108 Å². The molecular weight excluding hydrogens is 228 g/mol. The van der Waals surface area contributed by atoms with Crippen molar-refractivity contribution in [1.29, 1.82) is 0 Å². The molecule has 1 aromatic rings. The zero-order chi connectivity index (χ0) is 12.8. The second-order valence-electron chi connectivity index (χ2n) is 4.88. The van der Waals surface area contributed by atoms with Gasteiger partial charge in [0.2, 0.25) is 0 Å². The van der Waals surface area contributed by atoms with Gasteiger partial charge in [0.1, 0.15) is 5.82 Å². The summed E-state index contributed by atoms with van der Waals surface area (Å²) in [5.74, 6) is 1.47. The molecule has 0 spiro atoms. The van der Waals surface area contributed by atoms with Gasteiger partial charge in [-0.3, -0.25) is 0 Å². The Kier molecular flexibility index (Phi) is 4.96. The summed E-state index contributed by atoms with van der Waals surface area (Å²) in [5, 5.41) is 12.7. The topological polar surface area (TPSA) is 54.4 Å². The van der Waals surface area contributed by atoms with Gasteiger partial charge in [0, 0.05) is 31.6 Å². The fourth-order valence-electron chi connectivity index (χ4n) is 2.50. The van der Waals surface area contributed by atoms with Crippen LogP contribution in [-0.2, 0) is 4.74 Å². The molecule has 1 aliphatic rings. The van der Waals surface area contributed by atoms with Crippen molar-refractivity contribution < 1.29 is 9.84 Å². The first-order valence-electron chi connectivity index (χ1n) is 6.68. The quantitative estimate of drug-likeness (QED) is 0.839. The molecule has 2 rings (SSSR count). The molecule has 18 heavy (non-hydrogen) atoms. The van der Waals surface area contributed by atoms with Crippen LogP contribution in [0.2, 0.25) is 0 Å². The normalized spacial score (nSPS) is 18.6. The van der Waals surface area contributed by atoms with Crippen molar-refractivity contribution in [3.8, 4) is 0 Å². The van der Waals surface area contributed by atoms with Crippen molar-refractivity contribution in [3.05, 3.63) is 23.9 Å². The first kappa shape index (κ1) is 13.3. The minimum absolute atomic E-state index is 0.209. The van der Waals surface area contributed by atoms with Gasteiger partial charge in [0.05, 0.1) is 0 Å². The lowest BCUT2D eigenvalue weighted by Crippen LogP contribution is -2.34. The van der Waals surface area contributed by atoms with Crippen LogP contribution < -0.4 is 5.32 Å². The number of nitrogens with zero attached hydrogens (tertiary/aromatic N) is 1. The molecule has 0 saturated carbocycles. The third-order valence-electron chi connectivity index (χ3n) is 3.50. The van der Waals surface area contributed by atoms with Gasteiger partial charge in [-0.25, -0.2) is 4.98 Å². The Morgan fingerprint density at radius 3 is 2.89 bits per heavy atom. The van der Waals surface area contributed by atoms with E-state index in [1.807, 2.05) is 25.1 Å². The van der Waals surface area contributed by atoms with Gasteiger partial charge in [-0.1, -0.05) is 6.07 Å². The summed E-state index contributed by atoms with van der Waals surface area (Å²) >= 11 is 0. The second-order valence-corrected chi connectivity index (χ2v) is 4.88. The van der Waals surface area contributed by atoms with Crippen molar-refractivity contribution in [2.75, 3.05) is 25.1 Å². The fourth-order valence-corrected chi connectivity index (χ4v) is 2.50. The fraction of sp³-hybridized carbons (Fsp3) is 0.643. The highest BCUT2D eigenvalue weighted by Crippen LogP contribution is 2.23. The van der Waals surface area contributed by atoms with E-state index in [9.17, 15) is 5.11 Å². The first-order valence-corrected chi connectivity index (χ1v) is 6.68. The van der Waals surface area contributed by atoms with Gasteiger partial charge in [-0.15, -0.1) is 0 Å². The van der Waals surface area contributed by atoms with Crippen molar-refractivity contribution in [2.24, 2.45) is 5.92 Å². The maximum Gasteiger partial charge on any atom is 0.126 e. The largest absolute Gasteiger partial charge is 0.396 e. The van der Waals surface area contributed by atoms with Crippen LogP contribution in [0.4, 0.5) is 5.82 Å². The van der Waals surface area contributed by atoms with Crippen molar-refractivity contribution in [3.63, 3.8) is 0 Å². The van der Waals surface area contributed by atoms with Gasteiger partial charge in [0.15, 0.2) is 0 Å². The number of ether oxygens (including phenoxy) is 1. The number of hydrogen-bond acceptors (Lipinski definition) is 4. The van der Waals surface area contributed by atoms with Gasteiger partial charge in [0.25, 0.3) is 0 Å². The molecular formula is C14H22N2O2. The Balaban J connectivity index is 2.00. The molecule has 4 heteroatoms. The van der Waals surface area contributed by atoms with E-state index in [1.165, 1.54) is 0 Å². The summed E-state index contributed by atoms with van der Waals surface area (Å²) in [4.78, 5) is 4.47. The maximum atomic E-state index is 9.21. The van der Waals surface area contributed by atoms with Crippen molar-refractivity contribution in [2.45, 2.75) is 32.2 Å². The maximum absolute atomic E-state index is 9.21. The van der Waals surface area contributed by atoms with Crippen molar-refractivity contribution >= 4 is 5.82 Å². The van der Waals surface area contributed by atoms with Gasteiger partial charge in [-0.2, -0.15) is 0 Å². The monoisotopic (exact) mass is 250 g/mol. The van der Waals surface area contributed by atoms with Crippen molar-refractivity contribution in [1.82, 2.24) is 4.98 Å². The van der Waals surface area contributed by atoms with Crippen LogP contribution in [0.1, 0.15) is 25.0 Å². The lowest BCUT2D eigenvalue weighted by atomic mass is 9.90. The van der Waals surface area contributed by atoms with E-state index in [2.05, 4.69) is 10.3 Å². The Hall–Kier alpha value is -1.13. The predicted molar refractivity (Wildman–Crippen MR) is 71.6 cm³/mol. The van der Waals surface area contributed by atoms with Crippen LogP contribution in [0.25, 0.3) is 0 Å². The summed E-state index contributed by atoms with van der Waals surface area (Å²) in [5.41, 5.74) is 1.01. The third kappa shape index (κ3) is 3.68. The highest BCUT2D eigenvalue weighted by Gasteiger charge is 2.23. The van der Waals surface area contributed by atoms with Crippen LogP contribution in [-0.4, -0.2) is 36.0 Å². The lowest BCUT2D eigenvalue weighted by molar-refractivity contribution is 0.0577. The molecule has 1 aromatic heterocycles. The molecule has 0 amide bonds. The summed E-state index contributed by atoms with van der Waals surface area (Å²) in [7, 11) is 0. The number of aryl methyl sites for hydroxylation is 1. The smallest absolute Gasteiger partial charge is 0.126 e. The molecule has 1 fully saturated rings. The van der Waals surface area contributed by atoms with Crippen LogP contribution in [0, 0.1) is 12.8 Å². The van der Waals surface area contributed by atoms with Crippen LogP contribution >= 0.6 is 0 Å². The summed E-state index contributed by atoms with van der Waals surface area (Å²) in [6.07, 6.45) is 2.88. The summed E-state index contributed by atoms with van der Waals surface area (Å²) in [6.45, 7) is 3.85. The van der Waals surface area contributed by atoms with Crippen LogP contribution in [0.15, 0.2) is 18.2 Å². The van der Waals surface area contributed by atoms with E-state index >= 15 is 0 Å². The summed E-state index contributed by atoms with van der Waals surface area (Å²) in [6, 6.07) is 6.26. The molecule has 100 valence electrons. The Bertz CT molecular complexity index is 365. The number of anilines is 1. The van der Waals surface area contributed by atoms with E-state index in [0.29, 0.717) is 5.92 Å². The highest BCUT2D eigenvalue weighted by molar-refractivity contribution is 5.36. The molecule has 0 aliphatic carbocycles. The highest BCUT2D eigenvalue weighted by atomic mass is 16.5. The number of nitrogens with one attached hydrogen (secondary N) is 1. The summed E-state index contributed by atoms with van der Waals surface area (Å²) < 4.78 is 5.39. The Morgan fingerprint density at radius 2 is 2.22 bits per heavy atom. The zero-order valence-corrected chi connectivity index (χ0v) is 10.9. The van der Waals surface area contributed by atoms with E-state index < -0.39 is 0 Å². The molecule has 1 atom stereocenters. The Morgan fingerprint density at radius 1 is 1.44 bits per heavy atom. The molecule has 1 saturated heterocycles.